The van der Waals surface area contributed by atoms with Crippen molar-refractivity contribution in [3.63, 3.8) is 0 Å². The van der Waals surface area contributed by atoms with Crippen molar-refractivity contribution >= 4 is 45.2 Å². The first kappa shape index (κ1) is 13.5. The molecule has 0 aromatic heterocycles. The summed E-state index contributed by atoms with van der Waals surface area (Å²) in [5.41, 5.74) is 0. The summed E-state index contributed by atoms with van der Waals surface area (Å²) in [4.78, 5) is 0. The lowest BCUT2D eigenvalue weighted by atomic mass is 10.1. The van der Waals surface area contributed by atoms with E-state index in [9.17, 15) is 0 Å². The van der Waals surface area contributed by atoms with Gasteiger partial charge in [0.25, 0.3) is 0 Å². The molecule has 0 nitrogen and oxygen atoms in total. The van der Waals surface area contributed by atoms with Gasteiger partial charge in [0, 0.05) is 3.92 Å². The Morgan fingerprint density at radius 2 is 1.47 bits per heavy atom. The molecule has 0 radical (unpaired) electrons. The smallest absolute Gasteiger partial charge is 0.0552 e. The van der Waals surface area contributed by atoms with Gasteiger partial charge in [-0.2, -0.15) is 0 Å². The van der Waals surface area contributed by atoms with Crippen LogP contribution in [0.2, 0.25) is 0 Å². The molecule has 2 aliphatic carbocycles. The number of rotatable bonds is 0. The molecule has 0 aromatic rings. The molecule has 2 heteroatoms. The van der Waals surface area contributed by atoms with Gasteiger partial charge in [-0.1, -0.05) is 93.8 Å². The molecular weight excluding hydrogens is 410 g/mol. The van der Waals surface area contributed by atoms with E-state index in [-0.39, 0.29) is 3.42 Å². The SMILES string of the molecule is CC1(I)C=CCC=C1.IC1C=CCC=C1. The molecule has 0 aliphatic heterocycles. The topological polar surface area (TPSA) is 0 Å². The third kappa shape index (κ3) is 6.56. The van der Waals surface area contributed by atoms with Crippen LogP contribution in [0.1, 0.15) is 19.8 Å². The molecule has 0 fully saturated rings. The normalized spacial score (nSPS) is 22.3. The molecule has 15 heavy (non-hydrogen) atoms. The molecule has 0 bridgehead atoms. The van der Waals surface area contributed by atoms with E-state index < -0.39 is 0 Å². The van der Waals surface area contributed by atoms with Crippen molar-refractivity contribution in [3.8, 4) is 0 Å². The van der Waals surface area contributed by atoms with Crippen molar-refractivity contribution in [2.45, 2.75) is 27.1 Å². The highest BCUT2D eigenvalue weighted by molar-refractivity contribution is 14.1. The lowest BCUT2D eigenvalue weighted by molar-refractivity contribution is 1.02. The number of halogens is 2. The van der Waals surface area contributed by atoms with E-state index in [1.807, 2.05) is 0 Å². The van der Waals surface area contributed by atoms with Gasteiger partial charge in [0.1, 0.15) is 0 Å². The fourth-order valence-electron chi connectivity index (χ4n) is 1.29. The Bertz CT molecular complexity index is 270. The standard InChI is InChI=1S/C7H9I.C6H7I/c1-7(8)5-3-2-4-6-7;7-6-4-2-1-3-5-6/h3-6H,2H2,1H3;2-6H,1H2. The van der Waals surface area contributed by atoms with Gasteiger partial charge >= 0.3 is 0 Å². The van der Waals surface area contributed by atoms with Crippen LogP contribution in [-0.2, 0) is 0 Å². The number of hydrogen-bond acceptors (Lipinski definition) is 0. The number of allylic oxidation sites excluding steroid dienone is 8. The van der Waals surface area contributed by atoms with Crippen LogP contribution in [0.3, 0.4) is 0 Å². The van der Waals surface area contributed by atoms with Gasteiger partial charge in [-0.25, -0.2) is 0 Å². The van der Waals surface area contributed by atoms with Crippen molar-refractivity contribution in [2.75, 3.05) is 0 Å². The Labute approximate surface area is 120 Å². The van der Waals surface area contributed by atoms with E-state index in [0.717, 1.165) is 12.8 Å². The minimum absolute atomic E-state index is 0.288. The molecule has 2 aliphatic rings. The van der Waals surface area contributed by atoms with Crippen LogP contribution in [0.15, 0.2) is 48.6 Å². The van der Waals surface area contributed by atoms with Crippen LogP contribution >= 0.6 is 45.2 Å². The van der Waals surface area contributed by atoms with E-state index in [1.165, 1.54) is 0 Å². The highest BCUT2D eigenvalue weighted by Crippen LogP contribution is 2.24. The average Bonchev–Trinajstić information content (AvgIpc) is 2.19. The maximum Gasteiger partial charge on any atom is 0.0552 e. The zero-order chi connectivity index (χ0) is 11.1. The summed E-state index contributed by atoms with van der Waals surface area (Å²) in [5.74, 6) is 0. The number of hydrogen-bond donors (Lipinski definition) is 0. The Kier molecular flexibility index (Phi) is 6.19. The highest BCUT2D eigenvalue weighted by atomic mass is 127. The van der Waals surface area contributed by atoms with E-state index in [1.54, 1.807) is 0 Å². The zero-order valence-electron chi connectivity index (χ0n) is 8.87. The number of alkyl halides is 2. The highest BCUT2D eigenvalue weighted by Gasteiger charge is 2.11. The van der Waals surface area contributed by atoms with Crippen LogP contribution in [0.4, 0.5) is 0 Å². The molecule has 0 aromatic carbocycles. The summed E-state index contributed by atoms with van der Waals surface area (Å²) in [5, 5.41) is 0. The first-order valence-corrected chi connectivity index (χ1v) is 7.44. The van der Waals surface area contributed by atoms with Gasteiger partial charge in [0.05, 0.1) is 3.42 Å². The van der Waals surface area contributed by atoms with Crippen LogP contribution in [0.25, 0.3) is 0 Å². The third-order valence-corrected chi connectivity index (χ3v) is 3.62. The first-order chi connectivity index (χ1) is 7.10. The van der Waals surface area contributed by atoms with Crippen LogP contribution < -0.4 is 0 Å². The van der Waals surface area contributed by atoms with Crippen LogP contribution in [-0.4, -0.2) is 7.35 Å². The van der Waals surface area contributed by atoms with Gasteiger partial charge in [0.15, 0.2) is 0 Å². The molecule has 0 N–H and O–H groups in total. The Balaban J connectivity index is 0.000000151. The fraction of sp³-hybridized carbons (Fsp3) is 0.385. The van der Waals surface area contributed by atoms with Gasteiger partial charge in [0.2, 0.25) is 0 Å². The Morgan fingerprint density at radius 3 is 1.73 bits per heavy atom. The van der Waals surface area contributed by atoms with Gasteiger partial charge in [-0.3, -0.25) is 0 Å². The zero-order valence-corrected chi connectivity index (χ0v) is 13.2. The summed E-state index contributed by atoms with van der Waals surface area (Å²) in [6, 6.07) is 0. The lowest BCUT2D eigenvalue weighted by Crippen LogP contribution is -2.07. The van der Waals surface area contributed by atoms with E-state index in [4.69, 9.17) is 0 Å². The monoisotopic (exact) mass is 426 g/mol. The first-order valence-electron chi connectivity index (χ1n) is 5.12. The molecule has 0 saturated heterocycles. The van der Waals surface area contributed by atoms with Crippen molar-refractivity contribution in [2.24, 2.45) is 0 Å². The molecule has 0 unspecified atom stereocenters. The van der Waals surface area contributed by atoms with E-state index in [0.29, 0.717) is 3.92 Å². The third-order valence-electron chi connectivity index (χ3n) is 2.07. The largest absolute Gasteiger partial charge is 0.0834 e. The molecule has 82 valence electrons. The fourth-order valence-corrected chi connectivity index (χ4v) is 2.39. The summed E-state index contributed by atoms with van der Waals surface area (Å²) in [6.07, 6.45) is 19.9. The molecule has 0 atom stereocenters. The van der Waals surface area contributed by atoms with Crippen molar-refractivity contribution < 1.29 is 0 Å². The minimum atomic E-state index is 0.288. The van der Waals surface area contributed by atoms with E-state index in [2.05, 4.69) is 101 Å². The van der Waals surface area contributed by atoms with Crippen LogP contribution in [0.5, 0.6) is 0 Å². The molecular formula is C13H16I2. The molecule has 0 heterocycles. The molecule has 0 saturated carbocycles. The predicted octanol–water partition coefficient (Wildman–Crippen LogP) is 5.00. The predicted molar refractivity (Wildman–Crippen MR) is 86.0 cm³/mol. The van der Waals surface area contributed by atoms with Crippen molar-refractivity contribution in [1.29, 1.82) is 0 Å². The minimum Gasteiger partial charge on any atom is -0.0834 e. The lowest BCUT2D eigenvalue weighted by Gasteiger charge is -2.14. The second-order valence-corrected chi connectivity index (χ2v) is 7.49. The second kappa shape index (κ2) is 6.89. The quantitative estimate of drug-likeness (QED) is 0.291. The van der Waals surface area contributed by atoms with Gasteiger partial charge < -0.3 is 0 Å². The van der Waals surface area contributed by atoms with E-state index >= 15 is 0 Å². The van der Waals surface area contributed by atoms with Crippen LogP contribution in [0, 0.1) is 0 Å². The summed E-state index contributed by atoms with van der Waals surface area (Å²) >= 11 is 4.80. The van der Waals surface area contributed by atoms with Crippen molar-refractivity contribution in [1.82, 2.24) is 0 Å². The Hall–Kier alpha value is 0.420. The molecule has 0 amide bonds. The summed E-state index contributed by atoms with van der Waals surface area (Å²) < 4.78 is 0.932. The van der Waals surface area contributed by atoms with Gasteiger partial charge in [-0.15, -0.1) is 0 Å². The summed E-state index contributed by atoms with van der Waals surface area (Å²) in [6.45, 7) is 2.19. The van der Waals surface area contributed by atoms with Gasteiger partial charge in [-0.05, 0) is 19.8 Å². The maximum atomic E-state index is 2.42. The molecule has 2 rings (SSSR count). The average molecular weight is 426 g/mol. The summed E-state index contributed by atoms with van der Waals surface area (Å²) in [7, 11) is 0. The van der Waals surface area contributed by atoms with Crippen molar-refractivity contribution in [3.05, 3.63) is 48.6 Å². The molecule has 0 spiro atoms. The second-order valence-electron chi connectivity index (χ2n) is 3.73. The maximum absolute atomic E-state index is 2.42. The Morgan fingerprint density at radius 1 is 1.00 bits per heavy atom.